The van der Waals surface area contributed by atoms with Crippen LogP contribution in [0.1, 0.15) is 5.56 Å². The first-order chi connectivity index (χ1) is 31.2. The number of hydrogen-bond donors (Lipinski definition) is 0. The van der Waals surface area contributed by atoms with E-state index in [1.54, 1.807) is 0 Å². The van der Waals surface area contributed by atoms with E-state index in [0.717, 1.165) is 67.2 Å². The predicted molar refractivity (Wildman–Crippen MR) is 263 cm³/mol. The third kappa shape index (κ3) is 6.23. The zero-order chi connectivity index (χ0) is 41.9. The van der Waals surface area contributed by atoms with Gasteiger partial charge in [-0.25, -0.2) is 9.97 Å². The average Bonchev–Trinajstić information content (AvgIpc) is 3.87. The van der Waals surface area contributed by atoms with Gasteiger partial charge in [-0.1, -0.05) is 176 Å². The highest BCUT2D eigenvalue weighted by Crippen LogP contribution is 2.40. The van der Waals surface area contributed by atoms with Crippen LogP contribution in [0.2, 0.25) is 0 Å². The van der Waals surface area contributed by atoms with E-state index in [0.29, 0.717) is 5.82 Å². The Morgan fingerprint density at radius 2 is 0.619 bits per heavy atom. The van der Waals surface area contributed by atoms with Gasteiger partial charge >= 0.3 is 0 Å². The van der Waals surface area contributed by atoms with Crippen LogP contribution in [0.4, 0.5) is 0 Å². The normalized spacial score (nSPS) is 11.6. The SMILES string of the molecule is Cc1c(-c2ccc3c4ccccc4n(-c4ccccc4)c3c2)nc(-c2ccc(-c3ccc(-c4ccccc4)cc3)cc2)nc1-c1ccc2c3ccccc3n(-c3ccccc3)c2c1. The molecule has 3 heterocycles. The van der Waals surface area contributed by atoms with Gasteiger partial charge in [0.2, 0.25) is 0 Å². The fourth-order valence-corrected chi connectivity index (χ4v) is 9.45. The van der Waals surface area contributed by atoms with Crippen molar-refractivity contribution >= 4 is 43.6 Å². The van der Waals surface area contributed by atoms with Crippen LogP contribution in [0.5, 0.6) is 0 Å². The predicted octanol–water partition coefficient (Wildman–Crippen LogP) is 15.3. The summed E-state index contributed by atoms with van der Waals surface area (Å²) in [5.74, 6) is 0.684. The van der Waals surface area contributed by atoms with Gasteiger partial charge in [0.05, 0.1) is 33.5 Å². The summed E-state index contributed by atoms with van der Waals surface area (Å²) in [6.07, 6.45) is 0. The first-order valence-corrected chi connectivity index (χ1v) is 21.5. The monoisotopic (exact) mass is 804 g/mol. The zero-order valence-electron chi connectivity index (χ0n) is 34.7. The van der Waals surface area contributed by atoms with Crippen molar-refractivity contribution in [2.45, 2.75) is 6.92 Å². The van der Waals surface area contributed by atoms with Crippen LogP contribution in [-0.2, 0) is 0 Å². The number of nitrogens with zero attached hydrogens (tertiary/aromatic N) is 4. The zero-order valence-corrected chi connectivity index (χ0v) is 34.7. The molecule has 0 spiro atoms. The molecular weight excluding hydrogens is 765 g/mol. The van der Waals surface area contributed by atoms with Crippen molar-refractivity contribution in [2.24, 2.45) is 0 Å². The minimum atomic E-state index is 0.684. The lowest BCUT2D eigenvalue weighted by molar-refractivity contribution is 1.14. The van der Waals surface area contributed by atoms with E-state index in [1.165, 1.54) is 43.7 Å². The molecular formula is C59H40N4. The molecule has 4 heteroatoms. The maximum atomic E-state index is 5.45. The van der Waals surface area contributed by atoms with Crippen LogP contribution in [0.25, 0.3) is 111 Å². The van der Waals surface area contributed by atoms with E-state index in [4.69, 9.17) is 9.97 Å². The van der Waals surface area contributed by atoms with Crippen LogP contribution in [0.3, 0.4) is 0 Å². The molecule has 0 amide bonds. The topological polar surface area (TPSA) is 35.6 Å². The lowest BCUT2D eigenvalue weighted by atomic mass is 9.98. The van der Waals surface area contributed by atoms with E-state index < -0.39 is 0 Å². The molecule has 0 unspecified atom stereocenters. The number of rotatable bonds is 7. The molecule has 0 aliphatic rings. The molecule has 0 N–H and O–H groups in total. The first kappa shape index (κ1) is 36.5. The largest absolute Gasteiger partial charge is 0.309 e. The summed E-state index contributed by atoms with van der Waals surface area (Å²) in [6, 6.07) is 80.2. The Bertz CT molecular complexity index is 3460. The van der Waals surface area contributed by atoms with Crippen LogP contribution in [0.15, 0.2) is 224 Å². The van der Waals surface area contributed by atoms with Crippen LogP contribution >= 0.6 is 0 Å². The van der Waals surface area contributed by atoms with E-state index in [9.17, 15) is 0 Å². The molecule has 0 saturated carbocycles. The van der Waals surface area contributed by atoms with E-state index in [1.807, 2.05) is 0 Å². The van der Waals surface area contributed by atoms with Gasteiger partial charge in [-0.05, 0) is 77.7 Å². The number of aromatic nitrogens is 4. The van der Waals surface area contributed by atoms with Crippen molar-refractivity contribution in [1.82, 2.24) is 19.1 Å². The maximum absolute atomic E-state index is 5.45. The van der Waals surface area contributed by atoms with Crippen molar-refractivity contribution in [3.63, 3.8) is 0 Å². The summed E-state index contributed by atoms with van der Waals surface area (Å²) in [7, 11) is 0. The molecule has 3 aromatic heterocycles. The van der Waals surface area contributed by atoms with Crippen LogP contribution in [0, 0.1) is 6.92 Å². The van der Waals surface area contributed by atoms with Gasteiger partial charge in [-0.15, -0.1) is 0 Å². The van der Waals surface area contributed by atoms with Gasteiger partial charge < -0.3 is 9.13 Å². The molecule has 12 rings (SSSR count). The number of benzene rings is 9. The first-order valence-electron chi connectivity index (χ1n) is 21.5. The second-order valence-electron chi connectivity index (χ2n) is 16.2. The smallest absolute Gasteiger partial charge is 0.160 e. The summed E-state index contributed by atoms with van der Waals surface area (Å²) in [5, 5.41) is 4.86. The summed E-state index contributed by atoms with van der Waals surface area (Å²) >= 11 is 0. The van der Waals surface area contributed by atoms with Crippen LogP contribution < -0.4 is 0 Å². The van der Waals surface area contributed by atoms with Gasteiger partial charge in [0.25, 0.3) is 0 Å². The molecule has 0 aliphatic heterocycles. The van der Waals surface area contributed by atoms with Gasteiger partial charge in [0, 0.05) is 55.2 Å². The Morgan fingerprint density at radius 1 is 0.286 bits per heavy atom. The third-order valence-electron chi connectivity index (χ3n) is 12.5. The highest BCUT2D eigenvalue weighted by molar-refractivity contribution is 6.11. The summed E-state index contributed by atoms with van der Waals surface area (Å²) < 4.78 is 4.74. The summed E-state index contributed by atoms with van der Waals surface area (Å²) in [6.45, 7) is 2.17. The van der Waals surface area contributed by atoms with E-state index in [2.05, 4.69) is 241 Å². The minimum Gasteiger partial charge on any atom is -0.309 e. The lowest BCUT2D eigenvalue weighted by Crippen LogP contribution is -2.01. The molecule has 12 aromatic rings. The number of fused-ring (bicyclic) bond motifs is 6. The highest BCUT2D eigenvalue weighted by atomic mass is 15.0. The molecule has 0 fully saturated rings. The Kier molecular flexibility index (Phi) is 8.68. The molecule has 0 aliphatic carbocycles. The lowest BCUT2D eigenvalue weighted by Gasteiger charge is -2.15. The van der Waals surface area contributed by atoms with Gasteiger partial charge in [-0.2, -0.15) is 0 Å². The van der Waals surface area contributed by atoms with E-state index in [-0.39, 0.29) is 0 Å². The quantitative estimate of drug-likeness (QED) is 0.161. The molecule has 0 atom stereocenters. The van der Waals surface area contributed by atoms with Gasteiger partial charge in [0.1, 0.15) is 0 Å². The Morgan fingerprint density at radius 3 is 1.06 bits per heavy atom. The van der Waals surface area contributed by atoms with Crippen molar-refractivity contribution < 1.29 is 0 Å². The molecule has 0 bridgehead atoms. The van der Waals surface area contributed by atoms with E-state index >= 15 is 0 Å². The molecule has 9 aromatic carbocycles. The molecule has 4 nitrogen and oxygen atoms in total. The second-order valence-corrected chi connectivity index (χ2v) is 16.2. The minimum absolute atomic E-state index is 0.684. The molecule has 0 radical (unpaired) electrons. The average molecular weight is 805 g/mol. The highest BCUT2D eigenvalue weighted by Gasteiger charge is 2.20. The summed E-state index contributed by atoms with van der Waals surface area (Å²) in [5.41, 5.74) is 17.5. The van der Waals surface area contributed by atoms with Crippen molar-refractivity contribution in [3.05, 3.63) is 230 Å². The second kappa shape index (κ2) is 15.0. The van der Waals surface area contributed by atoms with Crippen molar-refractivity contribution in [3.8, 4) is 67.5 Å². The Labute approximate surface area is 365 Å². The summed E-state index contributed by atoms with van der Waals surface area (Å²) in [4.78, 5) is 10.9. The Balaban J connectivity index is 1.04. The maximum Gasteiger partial charge on any atom is 0.160 e. The fraction of sp³-hybridized carbons (Fsp3) is 0.0169. The van der Waals surface area contributed by atoms with Gasteiger partial charge in [-0.3, -0.25) is 0 Å². The Hall–Kier alpha value is -8.34. The number of para-hydroxylation sites is 4. The van der Waals surface area contributed by atoms with Crippen molar-refractivity contribution in [1.29, 1.82) is 0 Å². The number of hydrogen-bond acceptors (Lipinski definition) is 2. The third-order valence-corrected chi connectivity index (χ3v) is 12.5. The fourth-order valence-electron chi connectivity index (χ4n) is 9.45. The van der Waals surface area contributed by atoms with Crippen LogP contribution in [-0.4, -0.2) is 19.1 Å². The van der Waals surface area contributed by atoms with Crippen molar-refractivity contribution in [2.75, 3.05) is 0 Å². The van der Waals surface area contributed by atoms with Gasteiger partial charge in [0.15, 0.2) is 5.82 Å². The molecule has 0 saturated heterocycles. The molecule has 63 heavy (non-hydrogen) atoms. The standard InChI is InChI=1S/C59H40N4/c1-39-57(45-33-35-51-49-21-11-13-23-53(49)62(55(51)37-45)47-17-7-3-8-18-47)60-59(44-31-29-43(30-32-44)42-27-25-41(26-28-42)40-15-5-2-6-16-40)61-58(39)46-34-36-52-50-22-12-14-24-54(50)63(56(52)38-46)48-19-9-4-10-20-48/h2-38H,1H3. The molecule has 296 valence electrons.